The summed E-state index contributed by atoms with van der Waals surface area (Å²) in [5, 5.41) is 42.6. The fraction of sp³-hybridized carbons (Fsp3) is 0.500. The number of rotatable bonds is 26. The predicted molar refractivity (Wildman–Crippen MR) is 323 cm³/mol. The molecule has 2 fully saturated rings. The fourth-order valence-electron chi connectivity index (χ4n) is 10.4. The fourth-order valence-corrected chi connectivity index (χ4v) is 10.9. The number of fused-ring (bicyclic) bond motifs is 3. The molecule has 27 nitrogen and oxygen atoms in total. The van der Waals surface area contributed by atoms with Gasteiger partial charge in [-0.15, -0.1) is 0 Å². The quantitative estimate of drug-likeness (QED) is 0.0253. The molecule has 1 aromatic heterocycles. The summed E-state index contributed by atoms with van der Waals surface area (Å²) in [6.45, 7) is 6.38. The molecule has 1 atom stereocenters. The first-order chi connectivity index (χ1) is 41.6. The van der Waals surface area contributed by atoms with Gasteiger partial charge in [-0.3, -0.25) is 58.2 Å². The van der Waals surface area contributed by atoms with Gasteiger partial charge in [-0.05, 0) is 75.1 Å². The van der Waals surface area contributed by atoms with Crippen LogP contribution in [0.5, 0.6) is 17.2 Å². The number of morpholine rings is 1. The number of hydrogen-bond donors (Lipinski definition) is 8. The average molecular weight is 1250 g/mol. The Balaban J connectivity index is 0.957. The van der Waals surface area contributed by atoms with Gasteiger partial charge in [0.2, 0.25) is 17.7 Å². The molecule has 7 rings (SSSR count). The number of aliphatic carboxylic acids is 3. The Bertz CT molecular complexity index is 3090. The lowest BCUT2D eigenvalue weighted by Gasteiger charge is -2.41. The number of carbonyl (C=O) groups is 7. The molecule has 0 aliphatic carbocycles. The Morgan fingerprint density at radius 2 is 1.38 bits per heavy atom. The largest absolute Gasteiger partial charge is 0.496 e. The van der Waals surface area contributed by atoms with Crippen LogP contribution < -0.4 is 41.6 Å². The number of aliphatic imine (C=N–C) groups is 1. The first-order valence-electron chi connectivity index (χ1n) is 28.6. The number of amides is 4. The number of carbonyl (C=O) groups excluding carboxylic acids is 4. The van der Waals surface area contributed by atoms with Gasteiger partial charge in [0.1, 0.15) is 29.9 Å². The minimum atomic E-state index is -1.07. The number of methoxy groups -OCH3 is 1. The molecule has 0 bridgehead atoms. The molecular formula is C58H77Cl2N13O14. The molecule has 0 saturated carbocycles. The van der Waals surface area contributed by atoms with Crippen molar-refractivity contribution < 1.29 is 67.8 Å². The van der Waals surface area contributed by atoms with Crippen molar-refractivity contribution in [2.45, 2.75) is 57.7 Å². The van der Waals surface area contributed by atoms with Gasteiger partial charge in [-0.25, -0.2) is 4.68 Å². The third kappa shape index (κ3) is 19.6. The zero-order valence-electron chi connectivity index (χ0n) is 49.1. The van der Waals surface area contributed by atoms with E-state index in [-0.39, 0.29) is 142 Å². The van der Waals surface area contributed by atoms with Gasteiger partial charge in [0.05, 0.1) is 70.0 Å². The normalized spacial score (nSPS) is 16.3. The van der Waals surface area contributed by atoms with Crippen LogP contribution in [0, 0.1) is 0 Å². The van der Waals surface area contributed by atoms with Crippen molar-refractivity contribution >= 4 is 70.7 Å². The zero-order valence-corrected chi connectivity index (χ0v) is 50.6. The molecule has 0 radical (unpaired) electrons. The van der Waals surface area contributed by atoms with Crippen molar-refractivity contribution in [3.63, 3.8) is 0 Å². The Hall–Kier alpha value is -7.79. The molecule has 10 N–H and O–H groups in total. The number of benzene rings is 3. The van der Waals surface area contributed by atoms with E-state index < -0.39 is 47.2 Å². The highest BCUT2D eigenvalue weighted by atomic mass is 35.5. The van der Waals surface area contributed by atoms with Crippen LogP contribution in [0.4, 0.5) is 0 Å². The van der Waals surface area contributed by atoms with Crippen LogP contribution in [0.3, 0.4) is 0 Å². The van der Waals surface area contributed by atoms with Crippen molar-refractivity contribution in [2.75, 3.05) is 132 Å². The maximum atomic E-state index is 14.5. The van der Waals surface area contributed by atoms with Gasteiger partial charge in [-0.2, -0.15) is 5.10 Å². The van der Waals surface area contributed by atoms with Gasteiger partial charge in [0.15, 0.2) is 11.7 Å². The van der Waals surface area contributed by atoms with E-state index in [1.54, 1.807) is 66.6 Å². The maximum Gasteiger partial charge on any atom is 0.317 e. The number of nitrogens with one attached hydrogen (secondary N) is 3. The Morgan fingerprint density at radius 1 is 0.759 bits per heavy atom. The first kappa shape index (κ1) is 66.7. The molecule has 87 heavy (non-hydrogen) atoms. The second-order valence-electron chi connectivity index (χ2n) is 21.8. The second-order valence-corrected chi connectivity index (χ2v) is 22.7. The highest BCUT2D eigenvalue weighted by Gasteiger charge is 2.40. The minimum absolute atomic E-state index is 0.0529. The lowest BCUT2D eigenvalue weighted by Crippen LogP contribution is -2.55. The Kier molecular flexibility index (Phi) is 24.3. The molecule has 4 heterocycles. The van der Waals surface area contributed by atoms with Crippen molar-refractivity contribution in [2.24, 2.45) is 16.5 Å². The number of hydrogen-bond acceptors (Lipinski definition) is 17. The van der Waals surface area contributed by atoms with E-state index >= 15 is 0 Å². The van der Waals surface area contributed by atoms with E-state index in [0.29, 0.717) is 88.0 Å². The Labute approximate surface area is 513 Å². The molecule has 3 aromatic carbocycles. The van der Waals surface area contributed by atoms with Gasteiger partial charge in [-0.1, -0.05) is 35.3 Å². The number of guanidine groups is 1. The van der Waals surface area contributed by atoms with Crippen LogP contribution >= 0.6 is 23.2 Å². The van der Waals surface area contributed by atoms with Gasteiger partial charge in [0, 0.05) is 118 Å². The zero-order chi connectivity index (χ0) is 62.8. The smallest absolute Gasteiger partial charge is 0.317 e. The van der Waals surface area contributed by atoms with Crippen molar-refractivity contribution in [3.8, 4) is 45.3 Å². The minimum Gasteiger partial charge on any atom is -0.496 e. The van der Waals surface area contributed by atoms with E-state index in [0.717, 1.165) is 5.56 Å². The van der Waals surface area contributed by atoms with Crippen LogP contribution in [-0.2, 0) is 40.1 Å². The van der Waals surface area contributed by atoms with Crippen molar-refractivity contribution in [1.29, 1.82) is 0 Å². The van der Waals surface area contributed by atoms with Crippen LogP contribution in [0.15, 0.2) is 59.6 Å². The number of carboxylic acid groups (broad SMARTS) is 3. The molecule has 1 unspecified atom stereocenters. The van der Waals surface area contributed by atoms with Crippen LogP contribution in [0.1, 0.15) is 55.6 Å². The van der Waals surface area contributed by atoms with Gasteiger partial charge >= 0.3 is 17.9 Å². The lowest BCUT2D eigenvalue weighted by atomic mass is 9.95. The van der Waals surface area contributed by atoms with E-state index in [1.165, 1.54) is 0 Å². The summed E-state index contributed by atoms with van der Waals surface area (Å²) in [7, 11) is 1.56. The monoisotopic (exact) mass is 1250 g/mol. The SMILES string of the molecule is COc1cc2c(cc1-c1cccc(OCCCNC(=O)C(CCCN=C(N)N)NC(=O)CCNC(=O)CN3CCN(CC(=O)O)CCN(CC(=O)O)CCN(CC(=O)O)CC3)c1)-c1c(c(C(=O)N3CCOCC3(C)C)nn1-c1cc(Cl)cc(Cl)c1)CO2. The van der Waals surface area contributed by atoms with Crippen molar-refractivity contribution in [1.82, 2.24) is 50.2 Å². The molecule has 2 saturated heterocycles. The van der Waals surface area contributed by atoms with Gasteiger partial charge in [0.25, 0.3) is 5.91 Å². The number of nitrogens with zero attached hydrogens (tertiary/aromatic N) is 8. The summed E-state index contributed by atoms with van der Waals surface area (Å²) in [6, 6.07) is 15.2. The molecule has 4 amide bonds. The molecular weight excluding hydrogens is 1170 g/mol. The second kappa shape index (κ2) is 31.7. The third-order valence-electron chi connectivity index (χ3n) is 14.8. The number of carboxylic acids is 3. The van der Waals surface area contributed by atoms with E-state index in [9.17, 15) is 48.9 Å². The first-order valence-corrected chi connectivity index (χ1v) is 29.3. The number of aromatic nitrogens is 2. The summed E-state index contributed by atoms with van der Waals surface area (Å²) in [5.41, 5.74) is 14.5. The molecule has 0 spiro atoms. The van der Waals surface area contributed by atoms with E-state index in [1.807, 2.05) is 38.1 Å². The molecule has 3 aliphatic rings. The maximum absolute atomic E-state index is 14.5. The van der Waals surface area contributed by atoms with E-state index in [4.69, 9.17) is 58.7 Å². The Morgan fingerprint density at radius 3 is 1.97 bits per heavy atom. The van der Waals surface area contributed by atoms with Gasteiger partial charge < -0.3 is 66.6 Å². The van der Waals surface area contributed by atoms with Crippen LogP contribution in [-0.4, -0.2) is 240 Å². The molecule has 3 aliphatic heterocycles. The summed E-state index contributed by atoms with van der Waals surface area (Å²) in [5.74, 6) is -3.44. The summed E-state index contributed by atoms with van der Waals surface area (Å²) < 4.78 is 25.9. The number of nitrogens with two attached hydrogens (primary N) is 2. The van der Waals surface area contributed by atoms with Crippen LogP contribution in [0.25, 0.3) is 28.1 Å². The van der Waals surface area contributed by atoms with E-state index in [2.05, 4.69) is 20.9 Å². The van der Waals surface area contributed by atoms with Crippen LogP contribution in [0.2, 0.25) is 10.0 Å². The standard InChI is InChI=1S/C58H77Cl2N13O14/c1-58(2)36-85-24-22-72(58)56(83)53-44-35-87-47-30-46(84-3)42(29-43(47)54(44)73(67-53)40-27-38(59)26-39(60)28-40)37-7-4-8-41(25-37)86-23-6-12-64-55(82)45(9-5-11-65-57(61)62)66-48(74)10-13-63-49(75)31-68-14-16-69(32-50(76)77)18-20-71(34-52(80)81)21-19-70(17-15-68)33-51(78)79/h4,7-8,25-30,45H,5-6,9-24,31-36H2,1-3H3,(H,63,75)(H,64,82)(H,66,74)(H,76,77)(H,78,79)(H,80,81)(H4,61,62,65). The number of halogens is 2. The molecule has 472 valence electrons. The predicted octanol–water partition coefficient (Wildman–Crippen LogP) is 2.07. The highest BCUT2D eigenvalue weighted by Crippen LogP contribution is 2.47. The summed E-state index contributed by atoms with van der Waals surface area (Å²) in [4.78, 5) is 102. The molecule has 29 heteroatoms. The topological polar surface area (TPSA) is 352 Å². The highest BCUT2D eigenvalue weighted by molar-refractivity contribution is 6.34. The third-order valence-corrected chi connectivity index (χ3v) is 15.2. The summed E-state index contributed by atoms with van der Waals surface area (Å²) in [6.07, 6.45) is 0.759. The molecule has 4 aromatic rings. The number of ether oxygens (including phenoxy) is 4. The average Bonchev–Trinajstić information content (AvgIpc) is 1.72. The lowest BCUT2D eigenvalue weighted by molar-refractivity contribution is -0.140. The summed E-state index contributed by atoms with van der Waals surface area (Å²) >= 11 is 13.1. The van der Waals surface area contributed by atoms with Crippen molar-refractivity contribution in [3.05, 3.63) is 75.9 Å².